The lowest BCUT2D eigenvalue weighted by Gasteiger charge is -2.13. The fourth-order valence-electron chi connectivity index (χ4n) is 2.79. The molecule has 1 aliphatic rings. The number of nitrogens with zero attached hydrogens (tertiary/aromatic N) is 1. The predicted octanol–water partition coefficient (Wildman–Crippen LogP) is 4.37. The number of ether oxygens (including phenoxy) is 2. The zero-order valence-electron chi connectivity index (χ0n) is 16.3. The monoisotopic (exact) mass is 538 g/mol. The average molecular weight is 538 g/mol. The minimum atomic E-state index is -0.503. The van der Waals surface area contributed by atoms with Crippen LogP contribution in [0.3, 0.4) is 0 Å². The molecule has 3 rings (SSSR count). The third kappa shape index (κ3) is 5.14. The van der Waals surface area contributed by atoms with Crippen molar-refractivity contribution in [2.75, 3.05) is 25.6 Å². The van der Waals surface area contributed by atoms with E-state index in [2.05, 4.69) is 27.9 Å². The summed E-state index contributed by atoms with van der Waals surface area (Å²) in [7, 11) is 1.56. The van der Waals surface area contributed by atoms with Gasteiger partial charge in [-0.15, -0.1) is 0 Å². The van der Waals surface area contributed by atoms with Crippen LogP contribution in [0.5, 0.6) is 11.5 Å². The number of nitrogens with one attached hydrogen (secondary N) is 1. The van der Waals surface area contributed by atoms with Crippen LogP contribution < -0.4 is 14.8 Å². The van der Waals surface area contributed by atoms with Gasteiger partial charge in [-0.05, 0) is 77.2 Å². The number of hydrogen-bond donors (Lipinski definition) is 1. The summed E-state index contributed by atoms with van der Waals surface area (Å²) in [5.74, 6) is 0.222. The summed E-state index contributed by atoms with van der Waals surface area (Å²) in [4.78, 5) is 38.4. The summed E-state index contributed by atoms with van der Waals surface area (Å²) >= 11 is 2.93. The van der Waals surface area contributed by atoms with Crippen LogP contribution in [-0.4, -0.2) is 42.2 Å². The molecule has 0 bridgehead atoms. The number of anilines is 1. The fraction of sp³-hybridized carbons (Fsp3) is 0.190. The topological polar surface area (TPSA) is 84.9 Å². The highest BCUT2D eigenvalue weighted by atomic mass is 127. The Morgan fingerprint density at radius 1 is 1.23 bits per heavy atom. The van der Waals surface area contributed by atoms with Gasteiger partial charge in [-0.3, -0.25) is 19.3 Å². The second-order valence-electron chi connectivity index (χ2n) is 6.15. The van der Waals surface area contributed by atoms with Gasteiger partial charge in [-0.25, -0.2) is 0 Å². The van der Waals surface area contributed by atoms with E-state index in [-0.39, 0.29) is 11.4 Å². The molecule has 0 unspecified atom stereocenters. The van der Waals surface area contributed by atoms with Crippen LogP contribution in [0, 0.1) is 3.57 Å². The molecule has 156 valence electrons. The number of methoxy groups -OCH3 is 1. The van der Waals surface area contributed by atoms with Crippen molar-refractivity contribution >= 4 is 63.2 Å². The number of hydrogen-bond acceptors (Lipinski definition) is 6. The Hall–Kier alpha value is -2.53. The third-order valence-electron chi connectivity index (χ3n) is 4.07. The van der Waals surface area contributed by atoms with Crippen molar-refractivity contribution in [1.82, 2.24) is 4.90 Å². The predicted molar refractivity (Wildman–Crippen MR) is 125 cm³/mol. The average Bonchev–Trinajstić information content (AvgIpc) is 2.96. The van der Waals surface area contributed by atoms with Gasteiger partial charge < -0.3 is 14.8 Å². The number of rotatable bonds is 7. The molecule has 1 saturated heterocycles. The Morgan fingerprint density at radius 2 is 1.97 bits per heavy atom. The molecule has 7 nitrogen and oxygen atoms in total. The molecule has 2 aromatic rings. The van der Waals surface area contributed by atoms with Gasteiger partial charge in [0.1, 0.15) is 6.54 Å². The number of carbonyl (C=O) groups excluding carboxylic acids is 3. The van der Waals surface area contributed by atoms with Gasteiger partial charge in [0.25, 0.3) is 11.1 Å². The molecule has 0 aromatic heterocycles. The van der Waals surface area contributed by atoms with E-state index in [0.717, 1.165) is 20.2 Å². The van der Waals surface area contributed by atoms with Crippen LogP contribution in [0.4, 0.5) is 10.5 Å². The van der Waals surface area contributed by atoms with E-state index in [0.29, 0.717) is 29.4 Å². The Morgan fingerprint density at radius 3 is 2.63 bits per heavy atom. The van der Waals surface area contributed by atoms with Crippen molar-refractivity contribution in [3.63, 3.8) is 0 Å². The lowest BCUT2D eigenvalue weighted by atomic mass is 10.2. The van der Waals surface area contributed by atoms with E-state index in [1.54, 1.807) is 43.5 Å². The molecule has 0 aliphatic carbocycles. The molecule has 1 fully saturated rings. The summed E-state index contributed by atoms with van der Waals surface area (Å²) in [6.07, 6.45) is 1.62. The lowest BCUT2D eigenvalue weighted by Crippen LogP contribution is -2.36. The summed E-state index contributed by atoms with van der Waals surface area (Å²) in [5.41, 5.74) is 1.30. The van der Waals surface area contributed by atoms with Crippen LogP contribution in [0.1, 0.15) is 12.5 Å². The summed E-state index contributed by atoms with van der Waals surface area (Å²) in [6, 6.07) is 12.4. The van der Waals surface area contributed by atoms with E-state index in [4.69, 9.17) is 9.47 Å². The molecule has 1 aliphatic heterocycles. The van der Waals surface area contributed by atoms with E-state index in [9.17, 15) is 14.4 Å². The maximum Gasteiger partial charge on any atom is 0.294 e. The molecule has 9 heteroatoms. The Labute approximate surface area is 191 Å². The number of thioether (sulfide) groups is 1. The molecule has 1 N–H and O–H groups in total. The van der Waals surface area contributed by atoms with Crippen molar-refractivity contribution in [3.05, 3.63) is 56.5 Å². The highest BCUT2D eigenvalue weighted by Gasteiger charge is 2.36. The Balaban J connectivity index is 1.77. The van der Waals surface area contributed by atoms with Gasteiger partial charge in [-0.2, -0.15) is 0 Å². The van der Waals surface area contributed by atoms with Gasteiger partial charge >= 0.3 is 0 Å². The first-order chi connectivity index (χ1) is 14.4. The molecule has 0 atom stereocenters. The van der Waals surface area contributed by atoms with Crippen molar-refractivity contribution in [2.24, 2.45) is 0 Å². The number of para-hydroxylation sites is 1. The van der Waals surface area contributed by atoms with Crippen LogP contribution in [0.25, 0.3) is 6.08 Å². The van der Waals surface area contributed by atoms with Crippen molar-refractivity contribution in [2.45, 2.75) is 6.92 Å². The molecule has 2 aromatic carbocycles. The largest absolute Gasteiger partial charge is 0.492 e. The number of imide groups is 1. The number of amides is 3. The second-order valence-corrected chi connectivity index (χ2v) is 8.30. The Kier molecular flexibility index (Phi) is 7.38. The van der Waals surface area contributed by atoms with Gasteiger partial charge in [0, 0.05) is 5.69 Å². The normalized spacial score (nSPS) is 14.9. The molecule has 3 amide bonds. The highest BCUT2D eigenvalue weighted by molar-refractivity contribution is 14.1. The molecular weight excluding hydrogens is 519 g/mol. The highest BCUT2D eigenvalue weighted by Crippen LogP contribution is 2.37. The summed E-state index contributed by atoms with van der Waals surface area (Å²) in [6.45, 7) is 1.98. The number of halogens is 1. The standard InChI is InChI=1S/C21H19IN2O5S/c1-3-29-16-10-13(9-15(22)19(16)28-2)11-17-20(26)24(21(27)30-17)12-18(25)23-14-7-5-4-6-8-14/h4-11H,3,12H2,1-2H3,(H,23,25)/b17-11+. The Bertz CT molecular complexity index is 1010. The van der Waals surface area contributed by atoms with Crippen LogP contribution >= 0.6 is 34.4 Å². The molecule has 30 heavy (non-hydrogen) atoms. The first-order valence-electron chi connectivity index (χ1n) is 9.03. The number of carbonyl (C=O) groups is 3. The first kappa shape index (κ1) is 22.2. The van der Waals surface area contributed by atoms with Gasteiger partial charge in [-0.1, -0.05) is 18.2 Å². The van der Waals surface area contributed by atoms with Crippen molar-refractivity contribution in [3.8, 4) is 11.5 Å². The van der Waals surface area contributed by atoms with E-state index >= 15 is 0 Å². The fourth-order valence-corrected chi connectivity index (χ4v) is 4.47. The van der Waals surface area contributed by atoms with Crippen molar-refractivity contribution in [1.29, 1.82) is 0 Å². The number of benzene rings is 2. The van der Waals surface area contributed by atoms with Crippen LogP contribution in [-0.2, 0) is 9.59 Å². The van der Waals surface area contributed by atoms with Crippen LogP contribution in [0.2, 0.25) is 0 Å². The van der Waals surface area contributed by atoms with Crippen molar-refractivity contribution < 1.29 is 23.9 Å². The van der Waals surface area contributed by atoms with Gasteiger partial charge in [0.05, 0.1) is 22.2 Å². The quantitative estimate of drug-likeness (QED) is 0.417. The van der Waals surface area contributed by atoms with Gasteiger partial charge in [0.15, 0.2) is 11.5 Å². The smallest absolute Gasteiger partial charge is 0.294 e. The molecule has 0 saturated carbocycles. The minimum Gasteiger partial charge on any atom is -0.492 e. The maximum absolute atomic E-state index is 12.7. The first-order valence-corrected chi connectivity index (χ1v) is 10.9. The zero-order chi connectivity index (χ0) is 21.7. The van der Waals surface area contributed by atoms with Crippen LogP contribution in [0.15, 0.2) is 47.4 Å². The second kappa shape index (κ2) is 9.98. The SMILES string of the molecule is CCOc1cc(/C=C2/SC(=O)N(CC(=O)Nc3ccccc3)C2=O)cc(I)c1OC. The molecule has 1 heterocycles. The summed E-state index contributed by atoms with van der Waals surface area (Å²) in [5, 5.41) is 2.19. The molecule has 0 radical (unpaired) electrons. The lowest BCUT2D eigenvalue weighted by molar-refractivity contribution is -0.127. The maximum atomic E-state index is 12.7. The van der Waals surface area contributed by atoms with Gasteiger partial charge in [0.2, 0.25) is 5.91 Å². The molecular formula is C21H19IN2O5S. The molecule has 0 spiro atoms. The zero-order valence-corrected chi connectivity index (χ0v) is 19.3. The summed E-state index contributed by atoms with van der Waals surface area (Å²) < 4.78 is 11.8. The third-order valence-corrected chi connectivity index (χ3v) is 5.78. The van der Waals surface area contributed by atoms with E-state index < -0.39 is 17.1 Å². The van der Waals surface area contributed by atoms with E-state index in [1.807, 2.05) is 19.1 Å². The van der Waals surface area contributed by atoms with E-state index in [1.165, 1.54) is 0 Å². The minimum absolute atomic E-state index is 0.246.